The van der Waals surface area contributed by atoms with E-state index in [9.17, 15) is 22.0 Å². The minimum Gasteiger partial charge on any atom is -0.497 e. The molecule has 1 unspecified atom stereocenters. The Morgan fingerprint density at radius 1 is 1.12 bits per heavy atom. The average molecular weight is 499 g/mol. The maximum absolute atomic E-state index is 13.0. The fourth-order valence-electron chi connectivity index (χ4n) is 3.81. The number of halogens is 2. The number of hydrogen-bond donors (Lipinski definition) is 1. The first kappa shape index (κ1) is 25.7. The molecular formula is C23H28F2N2O6S. The van der Waals surface area contributed by atoms with Gasteiger partial charge in [0, 0.05) is 19.6 Å². The van der Waals surface area contributed by atoms with Gasteiger partial charge in [0.2, 0.25) is 15.9 Å². The predicted octanol–water partition coefficient (Wildman–Crippen LogP) is 3.06. The number of alkyl halides is 2. The van der Waals surface area contributed by atoms with Crippen LogP contribution in [-0.4, -0.2) is 59.1 Å². The quantitative estimate of drug-likeness (QED) is 0.541. The molecule has 0 spiro atoms. The SMILES string of the molecule is COc1ccc(S(=O)(=O)N2CCCC(C(=O)NCCc3ccc(OC)c(OC(F)F)c3)C2)cc1. The van der Waals surface area contributed by atoms with Crippen molar-refractivity contribution in [2.24, 2.45) is 5.92 Å². The van der Waals surface area contributed by atoms with Gasteiger partial charge in [-0.15, -0.1) is 0 Å². The first-order valence-corrected chi connectivity index (χ1v) is 12.2. The first-order valence-electron chi connectivity index (χ1n) is 10.8. The van der Waals surface area contributed by atoms with Crippen molar-refractivity contribution in [3.63, 3.8) is 0 Å². The lowest BCUT2D eigenvalue weighted by atomic mass is 9.99. The number of piperidine rings is 1. The van der Waals surface area contributed by atoms with Crippen LogP contribution in [0.3, 0.4) is 0 Å². The molecule has 186 valence electrons. The molecular weight excluding hydrogens is 470 g/mol. The van der Waals surface area contributed by atoms with Crippen molar-refractivity contribution in [1.82, 2.24) is 9.62 Å². The van der Waals surface area contributed by atoms with E-state index in [0.717, 1.165) is 0 Å². The monoisotopic (exact) mass is 498 g/mol. The molecule has 0 aliphatic carbocycles. The van der Waals surface area contributed by atoms with Crippen LogP contribution in [-0.2, 0) is 21.2 Å². The molecule has 1 fully saturated rings. The van der Waals surface area contributed by atoms with Crippen LogP contribution in [0.1, 0.15) is 18.4 Å². The maximum atomic E-state index is 13.0. The molecule has 0 saturated carbocycles. The van der Waals surface area contributed by atoms with Crippen LogP contribution in [0.15, 0.2) is 47.4 Å². The van der Waals surface area contributed by atoms with Crippen molar-refractivity contribution in [1.29, 1.82) is 0 Å². The number of hydrogen-bond acceptors (Lipinski definition) is 6. The molecule has 1 atom stereocenters. The highest BCUT2D eigenvalue weighted by Crippen LogP contribution is 2.30. The van der Waals surface area contributed by atoms with Crippen molar-refractivity contribution >= 4 is 15.9 Å². The second-order valence-electron chi connectivity index (χ2n) is 7.78. The van der Waals surface area contributed by atoms with E-state index in [0.29, 0.717) is 37.1 Å². The van der Waals surface area contributed by atoms with Gasteiger partial charge in [0.05, 0.1) is 25.0 Å². The smallest absolute Gasteiger partial charge is 0.387 e. The highest BCUT2D eigenvalue weighted by Gasteiger charge is 2.33. The Hall–Kier alpha value is -2.92. The summed E-state index contributed by atoms with van der Waals surface area (Å²) in [6.45, 7) is -2.28. The van der Waals surface area contributed by atoms with Crippen LogP contribution in [0.5, 0.6) is 17.2 Å². The summed E-state index contributed by atoms with van der Waals surface area (Å²) >= 11 is 0. The normalized spacial score (nSPS) is 16.8. The zero-order valence-electron chi connectivity index (χ0n) is 19.0. The molecule has 1 N–H and O–H groups in total. The lowest BCUT2D eigenvalue weighted by Crippen LogP contribution is -2.45. The van der Waals surface area contributed by atoms with E-state index >= 15 is 0 Å². The summed E-state index contributed by atoms with van der Waals surface area (Å²) in [5, 5.41) is 2.82. The summed E-state index contributed by atoms with van der Waals surface area (Å²) in [5.41, 5.74) is 0.684. The van der Waals surface area contributed by atoms with Crippen molar-refractivity contribution in [2.75, 3.05) is 33.9 Å². The van der Waals surface area contributed by atoms with Gasteiger partial charge in [0.15, 0.2) is 11.5 Å². The Labute approximate surface area is 197 Å². The van der Waals surface area contributed by atoms with E-state index in [-0.39, 0.29) is 35.4 Å². The molecule has 0 radical (unpaired) electrons. The molecule has 1 aliphatic rings. The minimum absolute atomic E-state index is 0.0759. The predicted molar refractivity (Wildman–Crippen MR) is 121 cm³/mol. The number of benzene rings is 2. The van der Waals surface area contributed by atoms with E-state index in [1.54, 1.807) is 18.2 Å². The standard InChI is InChI=1S/C23H28F2N2O6S/c1-31-18-6-8-19(9-7-18)34(29,30)27-13-3-4-17(15-27)22(28)26-12-11-16-5-10-20(32-2)21(14-16)33-23(24)25/h5-10,14,17,23H,3-4,11-13,15H2,1-2H3,(H,26,28). The fourth-order valence-corrected chi connectivity index (χ4v) is 5.33. The van der Waals surface area contributed by atoms with E-state index < -0.39 is 22.6 Å². The number of sulfonamides is 1. The van der Waals surface area contributed by atoms with Gasteiger partial charge in [-0.2, -0.15) is 13.1 Å². The summed E-state index contributed by atoms with van der Waals surface area (Å²) in [6.07, 6.45) is 1.53. The molecule has 1 amide bonds. The van der Waals surface area contributed by atoms with E-state index in [2.05, 4.69) is 10.1 Å². The highest BCUT2D eigenvalue weighted by molar-refractivity contribution is 7.89. The summed E-state index contributed by atoms with van der Waals surface area (Å²) in [7, 11) is -0.868. The molecule has 34 heavy (non-hydrogen) atoms. The Morgan fingerprint density at radius 3 is 2.50 bits per heavy atom. The van der Waals surface area contributed by atoms with Gasteiger partial charge in [-0.3, -0.25) is 4.79 Å². The summed E-state index contributed by atoms with van der Waals surface area (Å²) in [5.74, 6) is -0.0522. The molecule has 11 heteroatoms. The number of rotatable bonds is 10. The fraction of sp³-hybridized carbons (Fsp3) is 0.435. The molecule has 2 aromatic rings. The Kier molecular flexibility index (Phi) is 8.67. The number of methoxy groups -OCH3 is 2. The van der Waals surface area contributed by atoms with Crippen LogP contribution in [0.25, 0.3) is 0 Å². The average Bonchev–Trinajstić information content (AvgIpc) is 2.84. The Morgan fingerprint density at radius 2 is 1.85 bits per heavy atom. The number of nitrogens with one attached hydrogen (secondary N) is 1. The van der Waals surface area contributed by atoms with Crippen molar-refractivity contribution in [3.05, 3.63) is 48.0 Å². The first-order chi connectivity index (χ1) is 16.2. The summed E-state index contributed by atoms with van der Waals surface area (Å²) in [4.78, 5) is 12.8. The lowest BCUT2D eigenvalue weighted by Gasteiger charge is -2.31. The Balaban J connectivity index is 1.57. The molecule has 2 aromatic carbocycles. The van der Waals surface area contributed by atoms with Crippen LogP contribution in [0, 0.1) is 5.92 Å². The molecule has 0 aromatic heterocycles. The van der Waals surface area contributed by atoms with E-state index in [4.69, 9.17) is 9.47 Å². The molecule has 0 bridgehead atoms. The van der Waals surface area contributed by atoms with Gasteiger partial charge in [-0.1, -0.05) is 6.07 Å². The van der Waals surface area contributed by atoms with Crippen LogP contribution >= 0.6 is 0 Å². The van der Waals surface area contributed by atoms with Crippen LogP contribution in [0.2, 0.25) is 0 Å². The molecule has 3 rings (SSSR count). The van der Waals surface area contributed by atoms with Crippen molar-refractivity contribution < 1.29 is 36.2 Å². The Bertz CT molecular complexity index is 1080. The number of nitrogens with zero attached hydrogens (tertiary/aromatic N) is 1. The van der Waals surface area contributed by atoms with Crippen molar-refractivity contribution in [2.45, 2.75) is 30.8 Å². The number of amides is 1. The van der Waals surface area contributed by atoms with Gasteiger partial charge in [-0.05, 0) is 61.2 Å². The summed E-state index contributed by atoms with van der Waals surface area (Å²) in [6, 6.07) is 10.8. The van der Waals surface area contributed by atoms with Gasteiger partial charge in [0.1, 0.15) is 5.75 Å². The minimum atomic E-state index is -3.73. The highest BCUT2D eigenvalue weighted by atomic mass is 32.2. The third kappa shape index (κ3) is 6.35. The largest absolute Gasteiger partial charge is 0.497 e. The van der Waals surface area contributed by atoms with E-state index in [1.807, 2.05) is 0 Å². The third-order valence-electron chi connectivity index (χ3n) is 5.61. The van der Waals surface area contributed by atoms with Gasteiger partial charge < -0.3 is 19.5 Å². The second kappa shape index (κ2) is 11.5. The van der Waals surface area contributed by atoms with Crippen LogP contribution in [0.4, 0.5) is 8.78 Å². The molecule has 1 heterocycles. The summed E-state index contributed by atoms with van der Waals surface area (Å²) < 4.78 is 67.1. The van der Waals surface area contributed by atoms with Gasteiger partial charge in [-0.25, -0.2) is 8.42 Å². The van der Waals surface area contributed by atoms with Gasteiger partial charge in [0.25, 0.3) is 0 Å². The number of carbonyl (C=O) groups excluding carboxylic acids is 1. The lowest BCUT2D eigenvalue weighted by molar-refractivity contribution is -0.126. The zero-order chi connectivity index (χ0) is 24.7. The molecule has 1 aliphatic heterocycles. The van der Waals surface area contributed by atoms with Crippen LogP contribution < -0.4 is 19.5 Å². The second-order valence-corrected chi connectivity index (χ2v) is 9.72. The molecule has 1 saturated heterocycles. The van der Waals surface area contributed by atoms with Gasteiger partial charge >= 0.3 is 6.61 Å². The topological polar surface area (TPSA) is 94.2 Å². The number of ether oxygens (including phenoxy) is 3. The van der Waals surface area contributed by atoms with E-state index in [1.165, 1.54) is 42.8 Å². The zero-order valence-corrected chi connectivity index (χ0v) is 19.8. The number of carbonyl (C=O) groups is 1. The van der Waals surface area contributed by atoms with Crippen molar-refractivity contribution in [3.8, 4) is 17.2 Å². The maximum Gasteiger partial charge on any atom is 0.387 e. The molecule has 8 nitrogen and oxygen atoms in total. The third-order valence-corrected chi connectivity index (χ3v) is 7.49.